The number of esters is 1. The SMILES string of the molecule is C.CC(C)C(=O)OC1(C(=O)C(=O)N2C3CCCC2C2=CN(C4CCCC4)C(=O)CN2C3=O)CCCC1. The summed E-state index contributed by atoms with van der Waals surface area (Å²) in [5.41, 5.74) is -0.807. The molecule has 2 saturated carbocycles. The van der Waals surface area contributed by atoms with Crippen molar-refractivity contribution in [2.75, 3.05) is 6.54 Å². The van der Waals surface area contributed by atoms with Crippen LogP contribution in [0, 0.1) is 5.92 Å². The van der Waals surface area contributed by atoms with Crippen LogP contribution in [0.4, 0.5) is 0 Å². The molecule has 4 fully saturated rings. The molecule has 3 amide bonds. The summed E-state index contributed by atoms with van der Waals surface area (Å²) in [5, 5.41) is 0. The average molecular weight is 502 g/mol. The van der Waals surface area contributed by atoms with E-state index in [-0.39, 0.29) is 31.8 Å². The number of hydrogen-bond donors (Lipinski definition) is 0. The zero-order valence-corrected chi connectivity index (χ0v) is 20.7. The number of carbonyl (C=O) groups is 5. The summed E-state index contributed by atoms with van der Waals surface area (Å²) in [7, 11) is 0. The van der Waals surface area contributed by atoms with Gasteiger partial charge in [-0.25, -0.2) is 0 Å². The molecule has 2 bridgehead atoms. The maximum atomic E-state index is 13.8. The molecule has 9 heteroatoms. The van der Waals surface area contributed by atoms with Gasteiger partial charge in [-0.2, -0.15) is 0 Å². The van der Waals surface area contributed by atoms with Crippen molar-refractivity contribution in [2.24, 2.45) is 5.92 Å². The minimum Gasteiger partial charge on any atom is -0.450 e. The molecule has 5 aliphatic rings. The van der Waals surface area contributed by atoms with Crippen molar-refractivity contribution >= 4 is 29.5 Å². The maximum absolute atomic E-state index is 13.8. The molecule has 9 nitrogen and oxygen atoms in total. The number of Topliss-reactive ketones (excluding diaryl/α,β-unsaturated/α-hetero) is 1. The van der Waals surface area contributed by atoms with Gasteiger partial charge in [-0.15, -0.1) is 0 Å². The predicted molar refractivity (Wildman–Crippen MR) is 131 cm³/mol. The summed E-state index contributed by atoms with van der Waals surface area (Å²) in [6.45, 7) is 3.39. The Bertz CT molecular complexity index is 976. The third kappa shape index (κ3) is 4.24. The molecule has 5 rings (SSSR count). The highest BCUT2D eigenvalue weighted by Crippen LogP contribution is 2.41. The quantitative estimate of drug-likeness (QED) is 0.424. The van der Waals surface area contributed by atoms with Gasteiger partial charge in [0.1, 0.15) is 12.6 Å². The highest BCUT2D eigenvalue weighted by molar-refractivity contribution is 6.40. The normalized spacial score (nSPS) is 27.5. The number of fused-ring (bicyclic) bond motifs is 4. The van der Waals surface area contributed by atoms with Crippen LogP contribution in [0.15, 0.2) is 11.9 Å². The first-order valence-corrected chi connectivity index (χ1v) is 13.2. The van der Waals surface area contributed by atoms with E-state index < -0.39 is 41.3 Å². The van der Waals surface area contributed by atoms with Crippen molar-refractivity contribution in [2.45, 2.75) is 116 Å². The van der Waals surface area contributed by atoms with E-state index in [4.69, 9.17) is 4.74 Å². The zero-order valence-electron chi connectivity index (χ0n) is 20.7. The topological polar surface area (TPSA) is 104 Å². The van der Waals surface area contributed by atoms with Gasteiger partial charge in [-0.05, 0) is 57.8 Å². The third-order valence-electron chi connectivity index (χ3n) is 8.42. The number of hydrogen-bond acceptors (Lipinski definition) is 6. The number of ketones is 1. The van der Waals surface area contributed by atoms with Crippen molar-refractivity contribution < 1.29 is 28.7 Å². The first-order valence-electron chi connectivity index (χ1n) is 13.2. The Morgan fingerprint density at radius 2 is 1.58 bits per heavy atom. The highest BCUT2D eigenvalue weighted by Gasteiger charge is 2.56. The molecular formula is C27H39N3O6. The van der Waals surface area contributed by atoms with Gasteiger partial charge < -0.3 is 19.4 Å². The molecule has 198 valence electrons. The monoisotopic (exact) mass is 501 g/mol. The lowest BCUT2D eigenvalue weighted by atomic mass is 9.85. The van der Waals surface area contributed by atoms with E-state index in [1.807, 2.05) is 0 Å². The highest BCUT2D eigenvalue weighted by atomic mass is 16.6. The molecule has 36 heavy (non-hydrogen) atoms. The smallest absolute Gasteiger partial charge is 0.309 e. The first kappa shape index (κ1) is 26.4. The van der Waals surface area contributed by atoms with E-state index in [1.165, 1.54) is 9.80 Å². The molecule has 2 aliphatic carbocycles. The third-order valence-corrected chi connectivity index (χ3v) is 8.42. The van der Waals surface area contributed by atoms with Crippen LogP contribution < -0.4 is 0 Å². The van der Waals surface area contributed by atoms with Gasteiger partial charge in [0.25, 0.3) is 11.7 Å². The van der Waals surface area contributed by atoms with E-state index in [9.17, 15) is 24.0 Å². The fourth-order valence-electron chi connectivity index (χ4n) is 6.49. The molecule has 3 aliphatic heterocycles. The summed E-state index contributed by atoms with van der Waals surface area (Å²) in [5.74, 6) is -2.75. The molecule has 0 N–H and O–H groups in total. The summed E-state index contributed by atoms with van der Waals surface area (Å²) in [6.07, 6.45) is 9.66. The van der Waals surface area contributed by atoms with Crippen LogP contribution in [0.1, 0.15) is 91.9 Å². The van der Waals surface area contributed by atoms with Gasteiger partial charge in [0.15, 0.2) is 5.60 Å². The van der Waals surface area contributed by atoms with Crippen molar-refractivity contribution in [3.8, 4) is 0 Å². The Kier molecular flexibility index (Phi) is 7.30. The van der Waals surface area contributed by atoms with Crippen LogP contribution in [0.3, 0.4) is 0 Å². The van der Waals surface area contributed by atoms with Crippen LogP contribution in [0.25, 0.3) is 0 Å². The zero-order chi connectivity index (χ0) is 24.9. The minimum absolute atomic E-state index is 0. The van der Waals surface area contributed by atoms with Crippen molar-refractivity contribution in [3.05, 3.63) is 11.9 Å². The van der Waals surface area contributed by atoms with E-state index in [1.54, 1.807) is 24.9 Å². The number of amides is 3. The standard InChI is InChI=1S/C26H35N3O6.CH4/c1-16(2)25(34)35-26(12-5-6-13-26)22(31)24(33)29-18-10-7-11-19(29)23(32)28-15-21(30)27(14-20(18)28)17-8-3-4-9-17;/h14,16-19H,3-13,15H2,1-2H3;1H4. The van der Waals surface area contributed by atoms with E-state index in [0.717, 1.165) is 32.1 Å². The molecule has 0 aromatic heterocycles. The lowest BCUT2D eigenvalue weighted by Crippen LogP contribution is -2.68. The Balaban J connectivity index is 0.00000304. The molecule has 0 aromatic carbocycles. The number of piperidine rings is 1. The molecular weight excluding hydrogens is 462 g/mol. The second-order valence-corrected chi connectivity index (χ2v) is 11.0. The lowest BCUT2D eigenvalue weighted by molar-refractivity contribution is -0.176. The number of ether oxygens (including phenoxy) is 1. The van der Waals surface area contributed by atoms with Gasteiger partial charge in [0.05, 0.1) is 17.7 Å². The molecule has 2 unspecified atom stereocenters. The minimum atomic E-state index is -1.44. The van der Waals surface area contributed by atoms with Crippen molar-refractivity contribution in [3.63, 3.8) is 0 Å². The van der Waals surface area contributed by atoms with Crippen LogP contribution in [-0.2, 0) is 28.7 Å². The van der Waals surface area contributed by atoms with Crippen LogP contribution >= 0.6 is 0 Å². The summed E-state index contributed by atoms with van der Waals surface area (Å²) < 4.78 is 5.69. The second kappa shape index (κ2) is 9.98. The van der Waals surface area contributed by atoms with Crippen LogP contribution in [0.5, 0.6) is 0 Å². The van der Waals surface area contributed by atoms with Gasteiger partial charge in [0.2, 0.25) is 11.8 Å². The number of rotatable bonds is 5. The summed E-state index contributed by atoms with van der Waals surface area (Å²) in [4.78, 5) is 71.0. The Morgan fingerprint density at radius 1 is 0.944 bits per heavy atom. The number of nitrogens with zero attached hydrogens (tertiary/aromatic N) is 3. The number of carbonyl (C=O) groups excluding carboxylic acids is 5. The number of piperazine rings is 1. The largest absolute Gasteiger partial charge is 0.450 e. The van der Waals surface area contributed by atoms with Gasteiger partial charge in [0, 0.05) is 12.2 Å². The van der Waals surface area contributed by atoms with Crippen molar-refractivity contribution in [1.82, 2.24) is 14.7 Å². The molecule has 0 aromatic rings. The molecule has 2 atom stereocenters. The van der Waals surface area contributed by atoms with Crippen molar-refractivity contribution in [1.29, 1.82) is 0 Å². The van der Waals surface area contributed by atoms with Crippen LogP contribution in [0.2, 0.25) is 0 Å². The van der Waals surface area contributed by atoms with Gasteiger partial charge in [-0.1, -0.05) is 34.1 Å². The predicted octanol–water partition coefficient (Wildman–Crippen LogP) is 2.92. The second-order valence-electron chi connectivity index (χ2n) is 11.0. The van der Waals surface area contributed by atoms with Crippen LogP contribution in [-0.4, -0.2) is 74.4 Å². The summed E-state index contributed by atoms with van der Waals surface area (Å²) >= 11 is 0. The molecule has 2 saturated heterocycles. The summed E-state index contributed by atoms with van der Waals surface area (Å²) in [6, 6.07) is -1.09. The fraction of sp³-hybridized carbons (Fsp3) is 0.741. The van der Waals surface area contributed by atoms with Gasteiger partial charge >= 0.3 is 5.97 Å². The Labute approximate surface area is 213 Å². The molecule has 0 spiro atoms. The first-order chi connectivity index (χ1) is 16.7. The Morgan fingerprint density at radius 3 is 2.22 bits per heavy atom. The molecule has 0 radical (unpaired) electrons. The van der Waals surface area contributed by atoms with E-state index in [0.29, 0.717) is 44.2 Å². The average Bonchev–Trinajstić information content (AvgIpc) is 3.54. The van der Waals surface area contributed by atoms with E-state index in [2.05, 4.69) is 0 Å². The molecule has 3 heterocycles. The Hall–Kier alpha value is -2.71. The fourth-order valence-corrected chi connectivity index (χ4v) is 6.49. The maximum Gasteiger partial charge on any atom is 0.309 e. The van der Waals surface area contributed by atoms with Gasteiger partial charge in [-0.3, -0.25) is 24.0 Å². The lowest BCUT2D eigenvalue weighted by Gasteiger charge is -2.52. The van der Waals surface area contributed by atoms with E-state index >= 15 is 0 Å².